The summed E-state index contributed by atoms with van der Waals surface area (Å²) in [6.45, 7) is 4.21. The number of aryl methyl sites for hydroxylation is 2. The summed E-state index contributed by atoms with van der Waals surface area (Å²) in [5.41, 5.74) is 13.9. The molecule has 2 aromatic carbocycles. The standard InChI is InChI=1S/C42H46F2N10O5/c1-50-19-26(17-47-50)28-13-23-3-2-10-53(35(23)16-29(28)38(43)44)39(45)32-18-46-9-6-33(32)48-27-7-11-52(12-8-27)37(56)22-51-20-24-14-30-31(15-25(24)21-51)42(59)54(41(30)58)34-4-5-36(55)49-40(34)57/h13-17,19,27,34,38,46H,2-12,18,20-22H2,1H3,(H3,45,48,49,55,57)/p+1. The Balaban J connectivity index is 0.837. The van der Waals surface area contributed by atoms with Crippen molar-refractivity contribution in [2.45, 2.75) is 76.5 Å². The lowest BCUT2D eigenvalue weighted by Gasteiger charge is -2.35. The number of halogens is 2. The Morgan fingerprint density at radius 3 is 2.34 bits per heavy atom. The zero-order valence-corrected chi connectivity index (χ0v) is 32.9. The molecular weight excluding hydrogens is 763 g/mol. The van der Waals surface area contributed by atoms with E-state index in [1.54, 1.807) is 42.3 Å². The van der Waals surface area contributed by atoms with E-state index in [-0.39, 0.29) is 48.0 Å². The molecule has 17 heteroatoms. The zero-order chi connectivity index (χ0) is 41.1. The van der Waals surface area contributed by atoms with Crippen LogP contribution in [0.5, 0.6) is 0 Å². The van der Waals surface area contributed by atoms with E-state index in [2.05, 4.69) is 21.0 Å². The van der Waals surface area contributed by atoms with E-state index in [1.807, 2.05) is 20.4 Å². The fourth-order valence-electron chi connectivity index (χ4n) is 9.50. The lowest BCUT2D eigenvalue weighted by Crippen LogP contribution is -2.54. The number of hydrogen-bond acceptors (Lipinski definition) is 9. The summed E-state index contributed by atoms with van der Waals surface area (Å²) in [7, 11) is 1.77. The minimum Gasteiger partial charge on any atom is -0.385 e. The van der Waals surface area contributed by atoms with E-state index in [0.29, 0.717) is 61.9 Å². The number of nitrogens with one attached hydrogen (secondary N) is 3. The monoisotopic (exact) mass is 809 g/mol. The van der Waals surface area contributed by atoms with Gasteiger partial charge in [0.05, 0.1) is 36.0 Å². The smallest absolute Gasteiger partial charge is 0.279 e. The van der Waals surface area contributed by atoms with Gasteiger partial charge in [0.15, 0.2) is 0 Å². The predicted octanol–water partition coefficient (Wildman–Crippen LogP) is 2.22. The maximum Gasteiger partial charge on any atom is 0.279 e. The van der Waals surface area contributed by atoms with Crippen LogP contribution in [0.15, 0.2) is 47.9 Å². The largest absolute Gasteiger partial charge is 0.385 e. The van der Waals surface area contributed by atoms with Gasteiger partial charge in [-0.1, -0.05) is 0 Å². The third kappa shape index (κ3) is 7.19. The first kappa shape index (κ1) is 38.7. The number of fused-ring (bicyclic) bond motifs is 3. The molecule has 7 heterocycles. The molecule has 9 rings (SSSR count). The number of likely N-dealkylation sites (tertiary alicyclic amines) is 1. The normalized spacial score (nSPS) is 22.2. The molecule has 0 saturated carbocycles. The number of rotatable bonds is 8. The molecule has 0 radical (unpaired) electrons. The number of imide groups is 2. The second-order valence-electron chi connectivity index (χ2n) is 16.4. The number of amides is 5. The number of nitrogens with two attached hydrogens (primary N) is 1. The maximum absolute atomic E-state index is 14.5. The highest BCUT2D eigenvalue weighted by Gasteiger charge is 2.45. The zero-order valence-electron chi connectivity index (χ0n) is 32.9. The molecule has 5 N–H and O–H groups in total. The van der Waals surface area contributed by atoms with Crippen LogP contribution in [-0.2, 0) is 40.9 Å². The van der Waals surface area contributed by atoms with Crippen molar-refractivity contribution in [3.63, 3.8) is 0 Å². The van der Waals surface area contributed by atoms with Crippen LogP contribution in [0.25, 0.3) is 11.1 Å². The van der Waals surface area contributed by atoms with Crippen molar-refractivity contribution in [1.29, 1.82) is 0 Å². The van der Waals surface area contributed by atoms with Crippen LogP contribution in [0.2, 0.25) is 0 Å². The molecule has 0 aliphatic carbocycles. The van der Waals surface area contributed by atoms with Crippen molar-refractivity contribution >= 4 is 41.1 Å². The first-order valence-corrected chi connectivity index (χ1v) is 20.3. The van der Waals surface area contributed by atoms with Crippen molar-refractivity contribution in [3.8, 4) is 11.1 Å². The molecule has 6 aliphatic rings. The summed E-state index contributed by atoms with van der Waals surface area (Å²) in [4.78, 5) is 69.2. The summed E-state index contributed by atoms with van der Waals surface area (Å²) >= 11 is 0. The predicted molar refractivity (Wildman–Crippen MR) is 210 cm³/mol. The van der Waals surface area contributed by atoms with Crippen LogP contribution >= 0.6 is 0 Å². The Bertz CT molecular complexity index is 2320. The van der Waals surface area contributed by atoms with Crippen LogP contribution in [0, 0.1) is 0 Å². The summed E-state index contributed by atoms with van der Waals surface area (Å²) in [6.07, 6.45) is 4.68. The second-order valence-corrected chi connectivity index (χ2v) is 16.4. The van der Waals surface area contributed by atoms with Gasteiger partial charge >= 0.3 is 0 Å². The number of aromatic nitrogens is 2. The van der Waals surface area contributed by atoms with Gasteiger partial charge in [-0.2, -0.15) is 5.10 Å². The van der Waals surface area contributed by atoms with Gasteiger partial charge in [-0.15, -0.1) is 0 Å². The van der Waals surface area contributed by atoms with Gasteiger partial charge in [-0.05, 0) is 78.6 Å². The Morgan fingerprint density at radius 2 is 1.68 bits per heavy atom. The first-order valence-electron chi connectivity index (χ1n) is 20.3. The number of piperidine rings is 2. The fourth-order valence-corrected chi connectivity index (χ4v) is 9.50. The fraction of sp³-hybridized carbons (Fsp3) is 0.452. The minimum absolute atomic E-state index is 0.0120. The minimum atomic E-state index is -2.67. The SMILES string of the molecule is Cn1cc(-c2cc3c(cc2C(F)F)[N+](=C(N)C2=C(NC4CCN(C(=O)CN5Cc6cc7c(cc6C5)C(=O)N(C5CCC(=O)NC5=O)C7=O)CC4)CCNC2)CCC3)cn1. The number of nitrogens with zero attached hydrogens (tertiary/aromatic N) is 6. The second kappa shape index (κ2) is 15.4. The van der Waals surface area contributed by atoms with E-state index in [0.717, 1.165) is 71.5 Å². The molecule has 0 bridgehead atoms. The van der Waals surface area contributed by atoms with Crippen LogP contribution in [0.1, 0.15) is 87.9 Å². The van der Waals surface area contributed by atoms with Crippen LogP contribution in [0.3, 0.4) is 0 Å². The van der Waals surface area contributed by atoms with Crippen molar-refractivity contribution in [1.82, 2.24) is 40.4 Å². The number of benzene rings is 2. The van der Waals surface area contributed by atoms with Gasteiger partial charge in [-0.3, -0.25) is 49.5 Å². The molecule has 5 amide bonds. The van der Waals surface area contributed by atoms with Crippen molar-refractivity contribution in [2.24, 2.45) is 12.8 Å². The molecule has 3 aromatic rings. The number of carbonyl (C=O) groups is 5. The highest BCUT2D eigenvalue weighted by atomic mass is 19.3. The molecule has 2 saturated heterocycles. The van der Waals surface area contributed by atoms with E-state index in [9.17, 15) is 32.8 Å². The van der Waals surface area contributed by atoms with Crippen LogP contribution < -0.4 is 21.7 Å². The summed E-state index contributed by atoms with van der Waals surface area (Å²) in [6, 6.07) is 5.99. The van der Waals surface area contributed by atoms with E-state index >= 15 is 0 Å². The van der Waals surface area contributed by atoms with E-state index in [1.165, 1.54) is 0 Å². The summed E-state index contributed by atoms with van der Waals surface area (Å²) < 4.78 is 32.6. The Morgan fingerprint density at radius 1 is 0.966 bits per heavy atom. The molecule has 1 atom stereocenters. The summed E-state index contributed by atoms with van der Waals surface area (Å²) in [5, 5.41) is 13.6. The van der Waals surface area contributed by atoms with Crippen LogP contribution in [-0.4, -0.2) is 116 Å². The van der Waals surface area contributed by atoms with Crippen molar-refractivity contribution in [2.75, 3.05) is 39.3 Å². The lowest BCUT2D eigenvalue weighted by molar-refractivity contribution is -0.447. The lowest BCUT2D eigenvalue weighted by atomic mass is 9.93. The average molecular weight is 810 g/mol. The molecule has 308 valence electrons. The third-order valence-corrected chi connectivity index (χ3v) is 12.6. The Labute approximate surface area is 339 Å². The highest BCUT2D eigenvalue weighted by Crippen LogP contribution is 2.39. The topological polar surface area (TPSA) is 178 Å². The molecule has 6 aliphatic heterocycles. The molecule has 1 aromatic heterocycles. The van der Waals surface area contributed by atoms with Gasteiger partial charge in [0.1, 0.15) is 11.7 Å². The van der Waals surface area contributed by atoms with Crippen molar-refractivity contribution < 1.29 is 37.3 Å². The summed E-state index contributed by atoms with van der Waals surface area (Å²) in [5.74, 6) is -1.59. The first-order chi connectivity index (χ1) is 28.4. The molecule has 1 unspecified atom stereocenters. The average Bonchev–Trinajstić information content (AvgIpc) is 3.91. The van der Waals surface area contributed by atoms with Crippen LogP contribution in [0.4, 0.5) is 14.5 Å². The van der Waals surface area contributed by atoms with Gasteiger partial charge < -0.3 is 15.5 Å². The number of alkyl halides is 2. The van der Waals surface area contributed by atoms with E-state index < -0.39 is 36.1 Å². The van der Waals surface area contributed by atoms with Gasteiger partial charge in [0.25, 0.3) is 24.1 Å². The number of hydrogen-bond donors (Lipinski definition) is 4. The maximum atomic E-state index is 14.5. The number of carbonyl (C=O) groups excluding carboxylic acids is 5. The third-order valence-electron chi connectivity index (χ3n) is 12.6. The van der Waals surface area contributed by atoms with Gasteiger partial charge in [-0.25, -0.2) is 13.4 Å². The highest BCUT2D eigenvalue weighted by molar-refractivity contribution is 6.23. The van der Waals surface area contributed by atoms with Gasteiger partial charge in [0, 0.05) is 88.2 Å². The van der Waals surface area contributed by atoms with Gasteiger partial charge in [0.2, 0.25) is 17.7 Å². The molecule has 0 spiro atoms. The molecule has 59 heavy (non-hydrogen) atoms. The van der Waals surface area contributed by atoms with Crippen molar-refractivity contribution in [3.05, 3.63) is 81.3 Å². The quantitative estimate of drug-likeness (QED) is 0.150. The molecule has 2 fully saturated rings. The van der Waals surface area contributed by atoms with E-state index in [4.69, 9.17) is 5.73 Å². The molecular formula is C42H47F2N10O5+. The Kier molecular flexibility index (Phi) is 10.1. The molecule has 15 nitrogen and oxygen atoms in total. The number of amidine groups is 1. The Hall–Kier alpha value is -5.81.